The number of hydrogen-bond donors (Lipinski definition) is 1. The lowest BCUT2D eigenvalue weighted by Gasteiger charge is -2.41. The highest BCUT2D eigenvalue weighted by Crippen LogP contribution is 2.22. The van der Waals surface area contributed by atoms with Gasteiger partial charge in [0.25, 0.3) is 0 Å². The molecule has 112 valence electrons. The van der Waals surface area contributed by atoms with Crippen LogP contribution in [0, 0.1) is 6.92 Å². The van der Waals surface area contributed by atoms with Crippen LogP contribution < -0.4 is 0 Å². The van der Waals surface area contributed by atoms with Gasteiger partial charge in [-0.15, -0.1) is 0 Å². The quantitative estimate of drug-likeness (QED) is 0.918. The molecule has 0 spiro atoms. The molecule has 20 heavy (non-hydrogen) atoms. The van der Waals surface area contributed by atoms with E-state index >= 15 is 0 Å². The lowest BCUT2D eigenvalue weighted by molar-refractivity contribution is 0.0243. The van der Waals surface area contributed by atoms with Gasteiger partial charge in [0, 0.05) is 24.7 Å². The van der Waals surface area contributed by atoms with Crippen molar-refractivity contribution in [2.75, 3.05) is 26.2 Å². The lowest BCUT2D eigenvalue weighted by atomic mass is 9.98. The highest BCUT2D eigenvalue weighted by Gasteiger charge is 2.28. The molecule has 4 heteroatoms. The number of β-amino-alcohol motifs (C(OH)–C–C–N with tert-alkyl or cyclic N) is 1. The maximum absolute atomic E-state index is 9.80. The summed E-state index contributed by atoms with van der Waals surface area (Å²) in [4.78, 5) is 5.03. The second kappa shape index (κ2) is 6.29. The summed E-state index contributed by atoms with van der Waals surface area (Å²) < 4.78 is 5.37. The van der Waals surface area contributed by atoms with Gasteiger partial charge in [-0.3, -0.25) is 9.80 Å². The molecular formula is C16H26N2O2. The monoisotopic (exact) mass is 278 g/mol. The Kier molecular flexibility index (Phi) is 4.44. The number of aliphatic hydroxyl groups excluding tert-OH is 1. The van der Waals surface area contributed by atoms with Gasteiger partial charge >= 0.3 is 0 Å². The molecule has 0 radical (unpaired) electrons. The van der Waals surface area contributed by atoms with Crippen molar-refractivity contribution in [2.45, 2.75) is 51.3 Å². The molecule has 0 bridgehead atoms. The topological polar surface area (TPSA) is 39.9 Å². The van der Waals surface area contributed by atoms with E-state index < -0.39 is 0 Å². The lowest BCUT2D eigenvalue weighted by Crippen LogP contribution is -2.49. The molecule has 3 heterocycles. The number of rotatable bonds is 3. The summed E-state index contributed by atoms with van der Waals surface area (Å²) in [6.07, 6.45) is 6.26. The van der Waals surface area contributed by atoms with E-state index in [1.165, 1.54) is 24.9 Å². The fourth-order valence-electron chi connectivity index (χ4n) is 3.57. The second-order valence-corrected chi connectivity index (χ2v) is 6.30. The van der Waals surface area contributed by atoms with E-state index in [4.69, 9.17) is 4.42 Å². The summed E-state index contributed by atoms with van der Waals surface area (Å²) in [5.41, 5.74) is 1.32. The second-order valence-electron chi connectivity index (χ2n) is 6.30. The molecule has 1 atom stereocenters. The third-order valence-corrected chi connectivity index (χ3v) is 4.86. The minimum absolute atomic E-state index is 0.102. The first-order chi connectivity index (χ1) is 9.72. The van der Waals surface area contributed by atoms with Crippen molar-refractivity contribution < 1.29 is 9.52 Å². The summed E-state index contributed by atoms with van der Waals surface area (Å²) in [6.45, 7) is 7.41. The molecule has 0 amide bonds. The number of hydrogen-bond acceptors (Lipinski definition) is 4. The van der Waals surface area contributed by atoms with Crippen LogP contribution >= 0.6 is 0 Å². The number of nitrogens with zero attached hydrogens (tertiary/aromatic N) is 2. The molecule has 1 aromatic heterocycles. The van der Waals surface area contributed by atoms with Gasteiger partial charge in [-0.25, -0.2) is 0 Å². The van der Waals surface area contributed by atoms with Gasteiger partial charge in [0.1, 0.15) is 5.76 Å². The Balaban J connectivity index is 1.48. The van der Waals surface area contributed by atoms with Crippen LogP contribution in [0.1, 0.15) is 37.0 Å². The zero-order valence-corrected chi connectivity index (χ0v) is 12.4. The highest BCUT2D eigenvalue weighted by atomic mass is 16.3. The Morgan fingerprint density at radius 2 is 2.05 bits per heavy atom. The third kappa shape index (κ3) is 3.25. The predicted molar refractivity (Wildman–Crippen MR) is 78.6 cm³/mol. The predicted octanol–water partition coefficient (Wildman–Crippen LogP) is 2.01. The smallest absolute Gasteiger partial charge is 0.105 e. The van der Waals surface area contributed by atoms with Crippen LogP contribution in [-0.2, 0) is 6.54 Å². The third-order valence-electron chi connectivity index (χ3n) is 4.86. The number of likely N-dealkylation sites (tertiary alicyclic amines) is 2. The normalized spacial score (nSPS) is 27.0. The van der Waals surface area contributed by atoms with E-state index in [0.717, 1.165) is 44.8 Å². The van der Waals surface area contributed by atoms with Crippen LogP contribution in [0.15, 0.2) is 16.7 Å². The van der Waals surface area contributed by atoms with Crippen LogP contribution in [0.2, 0.25) is 0 Å². The highest BCUT2D eigenvalue weighted by molar-refractivity contribution is 5.15. The standard InChI is InChI=1S/C16H26N2O2/c1-13-14(6-10-20-13)11-17-8-4-15(5-9-17)18-7-2-3-16(19)12-18/h6,10,15-16,19H,2-5,7-9,11-12H2,1H3. The zero-order chi connectivity index (χ0) is 13.9. The van der Waals surface area contributed by atoms with Gasteiger partial charge in [-0.2, -0.15) is 0 Å². The van der Waals surface area contributed by atoms with Gasteiger partial charge < -0.3 is 9.52 Å². The Morgan fingerprint density at radius 3 is 2.70 bits per heavy atom. The number of furan rings is 1. The summed E-state index contributed by atoms with van der Waals surface area (Å²) in [5.74, 6) is 1.05. The summed E-state index contributed by atoms with van der Waals surface area (Å²) >= 11 is 0. The van der Waals surface area contributed by atoms with Gasteiger partial charge in [0.05, 0.1) is 12.4 Å². The molecule has 1 unspecified atom stereocenters. The number of piperidine rings is 2. The van der Waals surface area contributed by atoms with Crippen LogP contribution in [0.4, 0.5) is 0 Å². The van der Waals surface area contributed by atoms with Crippen molar-refractivity contribution in [3.8, 4) is 0 Å². The Hall–Kier alpha value is -0.840. The molecular weight excluding hydrogens is 252 g/mol. The van der Waals surface area contributed by atoms with Crippen molar-refractivity contribution in [1.82, 2.24) is 9.80 Å². The van der Waals surface area contributed by atoms with Gasteiger partial charge in [-0.05, 0) is 58.3 Å². The van der Waals surface area contributed by atoms with Gasteiger partial charge in [0.15, 0.2) is 0 Å². The number of aliphatic hydroxyl groups is 1. The maximum Gasteiger partial charge on any atom is 0.105 e. The summed E-state index contributed by atoms with van der Waals surface area (Å²) in [6, 6.07) is 2.76. The molecule has 1 aromatic rings. The molecule has 2 aliphatic heterocycles. The molecule has 0 aromatic carbocycles. The Morgan fingerprint density at radius 1 is 1.25 bits per heavy atom. The Bertz CT molecular complexity index is 424. The van der Waals surface area contributed by atoms with Crippen LogP contribution in [-0.4, -0.2) is 53.2 Å². The molecule has 4 nitrogen and oxygen atoms in total. The minimum Gasteiger partial charge on any atom is -0.469 e. The molecule has 1 N–H and O–H groups in total. The van der Waals surface area contributed by atoms with E-state index in [2.05, 4.69) is 15.9 Å². The van der Waals surface area contributed by atoms with E-state index in [-0.39, 0.29) is 6.10 Å². The van der Waals surface area contributed by atoms with Gasteiger partial charge in [0.2, 0.25) is 0 Å². The maximum atomic E-state index is 9.80. The average molecular weight is 278 g/mol. The average Bonchev–Trinajstić information content (AvgIpc) is 2.85. The van der Waals surface area contributed by atoms with E-state index in [9.17, 15) is 5.11 Å². The first-order valence-electron chi connectivity index (χ1n) is 7.90. The fourth-order valence-corrected chi connectivity index (χ4v) is 3.57. The fraction of sp³-hybridized carbons (Fsp3) is 0.750. The van der Waals surface area contributed by atoms with Crippen molar-refractivity contribution in [3.05, 3.63) is 23.7 Å². The first-order valence-corrected chi connectivity index (χ1v) is 7.90. The van der Waals surface area contributed by atoms with E-state index in [1.807, 2.05) is 6.92 Å². The Labute approximate surface area is 121 Å². The molecule has 2 aliphatic rings. The van der Waals surface area contributed by atoms with Crippen molar-refractivity contribution in [2.24, 2.45) is 0 Å². The van der Waals surface area contributed by atoms with Crippen molar-refractivity contribution >= 4 is 0 Å². The van der Waals surface area contributed by atoms with Crippen molar-refractivity contribution in [3.63, 3.8) is 0 Å². The zero-order valence-electron chi connectivity index (χ0n) is 12.4. The first kappa shape index (κ1) is 14.1. The molecule has 3 rings (SSSR count). The van der Waals surface area contributed by atoms with Gasteiger partial charge in [-0.1, -0.05) is 0 Å². The SMILES string of the molecule is Cc1occc1CN1CCC(N2CCCC(O)C2)CC1. The molecule has 2 fully saturated rings. The molecule has 0 saturated carbocycles. The van der Waals surface area contributed by atoms with E-state index in [0.29, 0.717) is 6.04 Å². The van der Waals surface area contributed by atoms with Crippen LogP contribution in [0.5, 0.6) is 0 Å². The molecule has 0 aliphatic carbocycles. The van der Waals surface area contributed by atoms with Crippen LogP contribution in [0.25, 0.3) is 0 Å². The van der Waals surface area contributed by atoms with Crippen LogP contribution in [0.3, 0.4) is 0 Å². The number of aryl methyl sites for hydroxylation is 1. The minimum atomic E-state index is -0.102. The summed E-state index contributed by atoms with van der Waals surface area (Å²) in [7, 11) is 0. The molecule has 2 saturated heterocycles. The van der Waals surface area contributed by atoms with Crippen molar-refractivity contribution in [1.29, 1.82) is 0 Å². The summed E-state index contributed by atoms with van der Waals surface area (Å²) in [5, 5.41) is 9.80. The van der Waals surface area contributed by atoms with E-state index in [1.54, 1.807) is 6.26 Å². The largest absolute Gasteiger partial charge is 0.469 e.